The van der Waals surface area contributed by atoms with Crippen LogP contribution in [0.5, 0.6) is 0 Å². The van der Waals surface area contributed by atoms with E-state index in [2.05, 4.69) is 17.1 Å². The number of rotatable bonds is 2. The fourth-order valence-corrected chi connectivity index (χ4v) is 3.48. The lowest BCUT2D eigenvalue weighted by Gasteiger charge is -2.31. The Hall–Kier alpha value is -0.650. The molecule has 3 heterocycles. The number of nitrogens with zero attached hydrogens (tertiary/aromatic N) is 2. The van der Waals surface area contributed by atoms with Crippen molar-refractivity contribution in [2.45, 2.75) is 31.8 Å². The summed E-state index contributed by atoms with van der Waals surface area (Å²) in [6.07, 6.45) is 2.12. The van der Waals surface area contributed by atoms with Gasteiger partial charge in [-0.2, -0.15) is 0 Å². The van der Waals surface area contributed by atoms with Crippen molar-refractivity contribution in [2.24, 2.45) is 5.92 Å². The molecule has 1 amide bonds. The van der Waals surface area contributed by atoms with Crippen LogP contribution in [0.25, 0.3) is 0 Å². The SMILES string of the molecule is CC1CCN(C(=O)[C@@H]2C[C@H](N3CCOCC3)CN2)C1. The Morgan fingerprint density at radius 2 is 2.05 bits per heavy atom. The molecule has 108 valence electrons. The third kappa shape index (κ3) is 2.93. The average Bonchev–Trinajstić information content (AvgIpc) is 3.08. The molecule has 0 aromatic rings. The van der Waals surface area contributed by atoms with Crippen molar-refractivity contribution in [1.82, 2.24) is 15.1 Å². The van der Waals surface area contributed by atoms with E-state index >= 15 is 0 Å². The minimum atomic E-state index is 0.0399. The molecule has 1 N–H and O–H groups in total. The number of morpholine rings is 1. The van der Waals surface area contributed by atoms with Crippen molar-refractivity contribution >= 4 is 5.91 Å². The van der Waals surface area contributed by atoms with Crippen LogP contribution >= 0.6 is 0 Å². The Labute approximate surface area is 115 Å². The molecule has 0 radical (unpaired) electrons. The molecular weight excluding hydrogens is 242 g/mol. The van der Waals surface area contributed by atoms with Gasteiger partial charge in [0, 0.05) is 38.8 Å². The molecule has 0 aromatic heterocycles. The number of hydrogen-bond acceptors (Lipinski definition) is 4. The Morgan fingerprint density at radius 3 is 2.74 bits per heavy atom. The molecule has 5 heteroatoms. The molecule has 0 bridgehead atoms. The molecule has 3 saturated heterocycles. The minimum Gasteiger partial charge on any atom is -0.379 e. The zero-order chi connectivity index (χ0) is 13.2. The molecule has 3 aliphatic heterocycles. The van der Waals surface area contributed by atoms with Crippen LogP contribution in [-0.2, 0) is 9.53 Å². The quantitative estimate of drug-likeness (QED) is 0.760. The van der Waals surface area contributed by atoms with Gasteiger partial charge in [-0.15, -0.1) is 0 Å². The maximum atomic E-state index is 12.4. The average molecular weight is 267 g/mol. The van der Waals surface area contributed by atoms with Gasteiger partial charge in [0.25, 0.3) is 0 Å². The second-order valence-electron chi connectivity index (χ2n) is 6.18. The van der Waals surface area contributed by atoms with E-state index in [4.69, 9.17) is 4.74 Å². The van der Waals surface area contributed by atoms with E-state index in [9.17, 15) is 4.79 Å². The minimum absolute atomic E-state index is 0.0399. The van der Waals surface area contributed by atoms with Gasteiger partial charge in [0.15, 0.2) is 0 Å². The molecule has 0 saturated carbocycles. The van der Waals surface area contributed by atoms with Crippen LogP contribution in [0.15, 0.2) is 0 Å². The summed E-state index contributed by atoms with van der Waals surface area (Å²) in [6, 6.07) is 0.552. The summed E-state index contributed by atoms with van der Waals surface area (Å²) in [6.45, 7) is 8.74. The Balaban J connectivity index is 1.52. The van der Waals surface area contributed by atoms with Gasteiger partial charge >= 0.3 is 0 Å². The lowest BCUT2D eigenvalue weighted by atomic mass is 10.1. The van der Waals surface area contributed by atoms with Crippen molar-refractivity contribution in [3.05, 3.63) is 0 Å². The Bertz CT molecular complexity index is 331. The molecule has 3 atom stereocenters. The van der Waals surface area contributed by atoms with Crippen LogP contribution in [0.1, 0.15) is 19.8 Å². The first-order valence-corrected chi connectivity index (χ1v) is 7.58. The molecule has 3 rings (SSSR count). The van der Waals surface area contributed by atoms with E-state index in [1.165, 1.54) is 0 Å². The molecule has 1 unspecified atom stereocenters. The smallest absolute Gasteiger partial charge is 0.239 e. The number of hydrogen-bond donors (Lipinski definition) is 1. The first-order chi connectivity index (χ1) is 9.24. The standard InChI is InChI=1S/C14H25N3O2/c1-11-2-3-17(10-11)14(18)13-8-12(9-15-13)16-4-6-19-7-5-16/h11-13,15H,2-10H2,1H3/t11?,12-,13-/m0/s1. The lowest BCUT2D eigenvalue weighted by Crippen LogP contribution is -2.44. The van der Waals surface area contributed by atoms with E-state index in [1.807, 2.05) is 4.90 Å². The summed E-state index contributed by atoms with van der Waals surface area (Å²) in [5.74, 6) is 0.987. The van der Waals surface area contributed by atoms with Crippen LogP contribution in [0.4, 0.5) is 0 Å². The normalized spacial score (nSPS) is 36.9. The highest BCUT2D eigenvalue weighted by Gasteiger charge is 2.36. The summed E-state index contributed by atoms with van der Waals surface area (Å²) in [7, 11) is 0. The number of amides is 1. The van der Waals surface area contributed by atoms with Crippen LogP contribution in [0.3, 0.4) is 0 Å². The topological polar surface area (TPSA) is 44.8 Å². The van der Waals surface area contributed by atoms with Crippen LogP contribution in [0, 0.1) is 5.92 Å². The van der Waals surface area contributed by atoms with Crippen LogP contribution in [0.2, 0.25) is 0 Å². The number of nitrogens with one attached hydrogen (secondary N) is 1. The molecule has 0 spiro atoms. The highest BCUT2D eigenvalue weighted by atomic mass is 16.5. The van der Waals surface area contributed by atoms with Gasteiger partial charge in [0.2, 0.25) is 5.91 Å². The van der Waals surface area contributed by atoms with Crippen molar-refractivity contribution in [3.8, 4) is 0 Å². The second-order valence-corrected chi connectivity index (χ2v) is 6.18. The third-order valence-corrected chi connectivity index (χ3v) is 4.70. The van der Waals surface area contributed by atoms with E-state index < -0.39 is 0 Å². The van der Waals surface area contributed by atoms with Gasteiger partial charge in [-0.05, 0) is 18.8 Å². The van der Waals surface area contributed by atoms with Gasteiger partial charge in [0.05, 0.1) is 19.3 Å². The van der Waals surface area contributed by atoms with Crippen molar-refractivity contribution in [2.75, 3.05) is 45.9 Å². The van der Waals surface area contributed by atoms with Gasteiger partial charge < -0.3 is 15.0 Å². The van der Waals surface area contributed by atoms with Crippen molar-refractivity contribution < 1.29 is 9.53 Å². The van der Waals surface area contributed by atoms with E-state index in [1.54, 1.807) is 0 Å². The summed E-state index contributed by atoms with van der Waals surface area (Å²) >= 11 is 0. The van der Waals surface area contributed by atoms with E-state index in [0.717, 1.165) is 58.8 Å². The summed E-state index contributed by atoms with van der Waals surface area (Å²) in [5.41, 5.74) is 0. The first-order valence-electron chi connectivity index (χ1n) is 7.58. The molecular formula is C14H25N3O2. The monoisotopic (exact) mass is 267 g/mol. The highest BCUT2D eigenvalue weighted by molar-refractivity contribution is 5.82. The number of carbonyl (C=O) groups is 1. The summed E-state index contributed by atoms with van der Waals surface area (Å²) in [4.78, 5) is 17.0. The molecule has 3 aliphatic rings. The number of carbonyl (C=O) groups excluding carboxylic acids is 1. The summed E-state index contributed by atoms with van der Waals surface area (Å²) < 4.78 is 5.39. The predicted molar refractivity (Wildman–Crippen MR) is 72.9 cm³/mol. The second kappa shape index (κ2) is 5.77. The molecule has 5 nitrogen and oxygen atoms in total. The lowest BCUT2D eigenvalue weighted by molar-refractivity contribution is -0.132. The van der Waals surface area contributed by atoms with Gasteiger partial charge in [-0.1, -0.05) is 6.92 Å². The van der Waals surface area contributed by atoms with Crippen molar-refractivity contribution in [1.29, 1.82) is 0 Å². The molecule has 0 aromatic carbocycles. The number of ether oxygens (including phenoxy) is 1. The molecule has 19 heavy (non-hydrogen) atoms. The van der Waals surface area contributed by atoms with Gasteiger partial charge in [0.1, 0.15) is 0 Å². The third-order valence-electron chi connectivity index (χ3n) is 4.70. The van der Waals surface area contributed by atoms with E-state index in [0.29, 0.717) is 17.9 Å². The molecule has 0 aliphatic carbocycles. The predicted octanol–water partition coefficient (Wildman–Crippen LogP) is -0.0825. The zero-order valence-electron chi connectivity index (χ0n) is 11.8. The summed E-state index contributed by atoms with van der Waals surface area (Å²) in [5, 5.41) is 3.42. The molecule has 3 fully saturated rings. The van der Waals surface area contributed by atoms with Crippen LogP contribution in [-0.4, -0.2) is 73.7 Å². The fraction of sp³-hybridized carbons (Fsp3) is 0.929. The maximum absolute atomic E-state index is 12.4. The van der Waals surface area contributed by atoms with E-state index in [-0.39, 0.29) is 6.04 Å². The fourth-order valence-electron chi connectivity index (χ4n) is 3.48. The Kier molecular flexibility index (Phi) is 4.05. The maximum Gasteiger partial charge on any atom is 0.239 e. The largest absolute Gasteiger partial charge is 0.379 e. The zero-order valence-corrected chi connectivity index (χ0v) is 11.8. The Morgan fingerprint density at radius 1 is 1.26 bits per heavy atom. The highest BCUT2D eigenvalue weighted by Crippen LogP contribution is 2.20. The van der Waals surface area contributed by atoms with Gasteiger partial charge in [-0.25, -0.2) is 0 Å². The van der Waals surface area contributed by atoms with Crippen LogP contribution < -0.4 is 5.32 Å². The number of likely N-dealkylation sites (tertiary alicyclic amines) is 1. The van der Waals surface area contributed by atoms with Crippen molar-refractivity contribution in [3.63, 3.8) is 0 Å². The van der Waals surface area contributed by atoms with Gasteiger partial charge in [-0.3, -0.25) is 9.69 Å². The first kappa shape index (κ1) is 13.3.